The molecule has 150 valence electrons. The molecule has 0 saturated heterocycles. The van der Waals surface area contributed by atoms with Crippen molar-refractivity contribution in [2.75, 3.05) is 13.2 Å². The van der Waals surface area contributed by atoms with E-state index in [9.17, 15) is 9.59 Å². The van der Waals surface area contributed by atoms with Crippen LogP contribution in [0.4, 0.5) is 0 Å². The smallest absolute Gasteiger partial charge is 0.344 e. The lowest BCUT2D eigenvalue weighted by Crippen LogP contribution is -2.20. The highest BCUT2D eigenvalue weighted by Crippen LogP contribution is 2.18. The molecule has 0 atom stereocenters. The summed E-state index contributed by atoms with van der Waals surface area (Å²) in [5.41, 5.74) is 4.52. The molecule has 29 heavy (non-hydrogen) atoms. The molecule has 0 unspecified atom stereocenters. The van der Waals surface area contributed by atoms with Crippen molar-refractivity contribution in [3.8, 4) is 5.75 Å². The lowest BCUT2D eigenvalue weighted by atomic mass is 10.1. The molecule has 3 rings (SSSR count). The first-order valence-electron chi connectivity index (χ1n) is 9.53. The van der Waals surface area contributed by atoms with E-state index in [0.717, 1.165) is 22.5 Å². The number of carbonyl (C=O) groups excluding carboxylic acids is 2. The van der Waals surface area contributed by atoms with Gasteiger partial charge in [0, 0.05) is 23.5 Å². The highest BCUT2D eigenvalue weighted by atomic mass is 16.6. The van der Waals surface area contributed by atoms with Crippen molar-refractivity contribution in [3.63, 3.8) is 0 Å². The maximum absolute atomic E-state index is 12.6. The predicted octanol–water partition coefficient (Wildman–Crippen LogP) is 4.27. The normalized spacial score (nSPS) is 10.6. The molecule has 1 heterocycles. The Morgan fingerprint density at radius 2 is 1.59 bits per heavy atom. The minimum atomic E-state index is -0.570. The summed E-state index contributed by atoms with van der Waals surface area (Å²) in [6.45, 7) is 5.93. The van der Waals surface area contributed by atoms with Crippen molar-refractivity contribution in [3.05, 3.63) is 88.7 Å². The van der Waals surface area contributed by atoms with Crippen LogP contribution < -0.4 is 4.74 Å². The van der Waals surface area contributed by atoms with Gasteiger partial charge in [-0.25, -0.2) is 4.79 Å². The van der Waals surface area contributed by atoms with Crippen LogP contribution in [0.2, 0.25) is 0 Å². The minimum absolute atomic E-state index is 0.221. The molecule has 0 fully saturated rings. The molecule has 1 aromatic heterocycles. The van der Waals surface area contributed by atoms with Crippen LogP contribution in [0, 0.1) is 20.8 Å². The fourth-order valence-electron chi connectivity index (χ4n) is 3.21. The van der Waals surface area contributed by atoms with E-state index in [2.05, 4.69) is 16.7 Å². The van der Waals surface area contributed by atoms with Gasteiger partial charge in [-0.3, -0.25) is 4.79 Å². The van der Waals surface area contributed by atoms with Crippen molar-refractivity contribution in [1.29, 1.82) is 0 Å². The topological polar surface area (TPSA) is 57.5 Å². The van der Waals surface area contributed by atoms with Crippen LogP contribution in [0.15, 0.2) is 60.7 Å². The first-order chi connectivity index (χ1) is 14.0. The zero-order valence-electron chi connectivity index (χ0n) is 17.0. The Morgan fingerprint density at radius 1 is 0.897 bits per heavy atom. The number of rotatable bonds is 8. The molecule has 0 aliphatic heterocycles. The number of ether oxygens (including phenoxy) is 2. The molecular weight excluding hydrogens is 366 g/mol. The quantitative estimate of drug-likeness (QED) is 0.425. The third-order valence-electron chi connectivity index (χ3n) is 4.86. The standard InChI is InChI=1S/C24H25NO4/c1-17-9-7-8-12-23(17)28-16-24(27)29-15-22(26)21-13-18(2)25(19(21)3)14-20-10-5-4-6-11-20/h4-13H,14-16H2,1-3H3. The number of hydrogen-bond donors (Lipinski definition) is 0. The number of carbonyl (C=O) groups is 2. The van der Waals surface area contributed by atoms with E-state index in [-0.39, 0.29) is 19.0 Å². The summed E-state index contributed by atoms with van der Waals surface area (Å²) < 4.78 is 12.7. The van der Waals surface area contributed by atoms with E-state index in [4.69, 9.17) is 9.47 Å². The number of ketones is 1. The van der Waals surface area contributed by atoms with Crippen molar-refractivity contribution < 1.29 is 19.1 Å². The molecule has 2 aromatic carbocycles. The van der Waals surface area contributed by atoms with Gasteiger partial charge in [0.2, 0.25) is 5.78 Å². The number of aromatic nitrogens is 1. The van der Waals surface area contributed by atoms with Gasteiger partial charge in [-0.1, -0.05) is 48.5 Å². The molecule has 5 nitrogen and oxygen atoms in total. The van der Waals surface area contributed by atoms with Gasteiger partial charge < -0.3 is 14.0 Å². The van der Waals surface area contributed by atoms with Crippen molar-refractivity contribution in [1.82, 2.24) is 4.57 Å². The number of para-hydroxylation sites is 1. The van der Waals surface area contributed by atoms with Gasteiger partial charge in [-0.15, -0.1) is 0 Å². The highest BCUT2D eigenvalue weighted by molar-refractivity contribution is 5.99. The summed E-state index contributed by atoms with van der Waals surface area (Å²) in [6.07, 6.45) is 0. The third kappa shape index (κ3) is 5.13. The Hall–Kier alpha value is -3.34. The largest absolute Gasteiger partial charge is 0.482 e. The van der Waals surface area contributed by atoms with Crippen molar-refractivity contribution >= 4 is 11.8 Å². The first kappa shape index (κ1) is 20.4. The molecule has 0 aliphatic carbocycles. The van der Waals surface area contributed by atoms with Crippen LogP contribution in [0.5, 0.6) is 5.75 Å². The first-order valence-corrected chi connectivity index (χ1v) is 9.53. The Morgan fingerprint density at radius 3 is 2.31 bits per heavy atom. The summed E-state index contributed by atoms with van der Waals surface area (Å²) in [5.74, 6) is -0.165. The second kappa shape index (κ2) is 9.24. The highest BCUT2D eigenvalue weighted by Gasteiger charge is 2.18. The Bertz CT molecular complexity index is 1000. The fourth-order valence-corrected chi connectivity index (χ4v) is 3.21. The van der Waals surface area contributed by atoms with Crippen LogP contribution >= 0.6 is 0 Å². The summed E-state index contributed by atoms with van der Waals surface area (Å²) in [5, 5.41) is 0. The average molecular weight is 391 g/mol. The zero-order valence-corrected chi connectivity index (χ0v) is 17.0. The van der Waals surface area contributed by atoms with Crippen molar-refractivity contribution in [2.45, 2.75) is 27.3 Å². The Kier molecular flexibility index (Phi) is 6.50. The molecule has 0 N–H and O–H groups in total. The molecule has 5 heteroatoms. The van der Waals surface area contributed by atoms with Gasteiger partial charge in [0.25, 0.3) is 0 Å². The number of aryl methyl sites for hydroxylation is 2. The molecule has 0 radical (unpaired) electrons. The molecule has 0 saturated carbocycles. The van der Waals surface area contributed by atoms with Gasteiger partial charge in [-0.05, 0) is 44.0 Å². The second-order valence-electron chi connectivity index (χ2n) is 6.99. The van der Waals surface area contributed by atoms with E-state index in [1.807, 2.05) is 63.2 Å². The Balaban J connectivity index is 1.57. The van der Waals surface area contributed by atoms with E-state index >= 15 is 0 Å². The number of hydrogen-bond acceptors (Lipinski definition) is 4. The van der Waals surface area contributed by atoms with Crippen LogP contribution in [0.1, 0.15) is 32.9 Å². The van der Waals surface area contributed by atoms with Gasteiger partial charge in [-0.2, -0.15) is 0 Å². The van der Waals surface area contributed by atoms with Gasteiger partial charge >= 0.3 is 5.97 Å². The predicted molar refractivity (Wildman–Crippen MR) is 111 cm³/mol. The van der Waals surface area contributed by atoms with E-state index in [1.54, 1.807) is 6.07 Å². The van der Waals surface area contributed by atoms with E-state index < -0.39 is 5.97 Å². The summed E-state index contributed by atoms with van der Waals surface area (Å²) >= 11 is 0. The monoisotopic (exact) mass is 391 g/mol. The number of nitrogens with zero attached hydrogens (tertiary/aromatic N) is 1. The second-order valence-corrected chi connectivity index (χ2v) is 6.99. The minimum Gasteiger partial charge on any atom is -0.482 e. The van der Waals surface area contributed by atoms with E-state index in [1.165, 1.54) is 0 Å². The van der Waals surface area contributed by atoms with Crippen LogP contribution in [0.3, 0.4) is 0 Å². The van der Waals surface area contributed by atoms with Crippen LogP contribution in [0.25, 0.3) is 0 Å². The number of benzene rings is 2. The SMILES string of the molecule is Cc1ccccc1OCC(=O)OCC(=O)c1cc(C)n(Cc2ccccc2)c1C. The maximum Gasteiger partial charge on any atom is 0.344 e. The van der Waals surface area contributed by atoms with Crippen molar-refractivity contribution in [2.24, 2.45) is 0 Å². The average Bonchev–Trinajstić information content (AvgIpc) is 3.00. The lowest BCUT2D eigenvalue weighted by Gasteiger charge is -2.10. The van der Waals surface area contributed by atoms with Crippen LogP contribution in [-0.4, -0.2) is 29.5 Å². The van der Waals surface area contributed by atoms with Gasteiger partial charge in [0.15, 0.2) is 13.2 Å². The van der Waals surface area contributed by atoms with E-state index in [0.29, 0.717) is 17.9 Å². The number of esters is 1. The third-order valence-corrected chi connectivity index (χ3v) is 4.86. The molecule has 0 bridgehead atoms. The lowest BCUT2D eigenvalue weighted by molar-refractivity contribution is -0.144. The fraction of sp³-hybridized carbons (Fsp3) is 0.250. The molecule has 0 amide bonds. The van der Waals surface area contributed by atoms with Crippen LogP contribution in [-0.2, 0) is 16.1 Å². The molecule has 0 spiro atoms. The summed E-state index contributed by atoms with van der Waals surface area (Å²) in [6, 6.07) is 19.3. The summed E-state index contributed by atoms with van der Waals surface area (Å²) in [4.78, 5) is 24.5. The van der Waals surface area contributed by atoms with Gasteiger partial charge in [0.1, 0.15) is 5.75 Å². The summed E-state index contributed by atoms with van der Waals surface area (Å²) in [7, 11) is 0. The maximum atomic E-state index is 12.6. The Labute approximate surface area is 170 Å². The molecule has 3 aromatic rings. The molecular formula is C24H25NO4. The zero-order chi connectivity index (χ0) is 20.8. The van der Waals surface area contributed by atoms with Gasteiger partial charge in [0.05, 0.1) is 0 Å². The molecule has 0 aliphatic rings. The number of Topliss-reactive ketones (excluding diaryl/α,β-unsaturated/α-hetero) is 1.